The van der Waals surface area contributed by atoms with Crippen molar-refractivity contribution in [2.45, 2.75) is 64.5 Å². The highest BCUT2D eigenvalue weighted by atomic mass is 16.4. The van der Waals surface area contributed by atoms with Crippen LogP contribution in [0, 0.1) is 5.92 Å². The fraction of sp³-hybridized carbons (Fsp3) is 0.824. The van der Waals surface area contributed by atoms with E-state index in [0.29, 0.717) is 0 Å². The van der Waals surface area contributed by atoms with Crippen molar-refractivity contribution in [2.75, 3.05) is 19.6 Å². The summed E-state index contributed by atoms with van der Waals surface area (Å²) in [5, 5.41) is 3.45. The van der Waals surface area contributed by atoms with E-state index in [2.05, 4.69) is 36.0 Å². The number of hydrogen-bond acceptors (Lipinski definition) is 4. The summed E-state index contributed by atoms with van der Waals surface area (Å²) in [6.45, 7) is 11.0. The number of piperidine rings is 1. The highest BCUT2D eigenvalue weighted by Crippen LogP contribution is 2.31. The highest BCUT2D eigenvalue weighted by Gasteiger charge is 2.32. The van der Waals surface area contributed by atoms with E-state index in [-0.39, 0.29) is 5.41 Å². The maximum Gasteiger partial charge on any atom is 0.208 e. The van der Waals surface area contributed by atoms with Crippen molar-refractivity contribution in [1.82, 2.24) is 15.2 Å². The molecule has 1 N–H and O–H groups in total. The Labute approximate surface area is 128 Å². The van der Waals surface area contributed by atoms with Gasteiger partial charge in [0.15, 0.2) is 0 Å². The normalized spacial score (nSPS) is 21.1. The molecule has 1 aromatic rings. The van der Waals surface area contributed by atoms with Crippen LogP contribution in [-0.2, 0) is 12.0 Å². The molecule has 3 rings (SSSR count). The standard InChI is InChI=1S/C17H29N3O/c1-17(2,3)15-10-19-16(21-15)12-20(14-4-5-14)11-13-6-8-18-9-7-13/h10,13-14,18H,4-9,11-12H2,1-3H3. The molecule has 0 bridgehead atoms. The molecule has 1 aliphatic carbocycles. The summed E-state index contributed by atoms with van der Waals surface area (Å²) in [5.41, 5.74) is 0.0463. The molecule has 0 aromatic carbocycles. The van der Waals surface area contributed by atoms with Crippen LogP contribution in [-0.4, -0.2) is 35.6 Å². The lowest BCUT2D eigenvalue weighted by Crippen LogP contribution is -2.37. The lowest BCUT2D eigenvalue weighted by Gasteiger charge is -2.29. The first kappa shape index (κ1) is 15.0. The van der Waals surface area contributed by atoms with Gasteiger partial charge in [-0.05, 0) is 44.7 Å². The zero-order valence-corrected chi connectivity index (χ0v) is 13.7. The first-order valence-electron chi connectivity index (χ1n) is 8.42. The Bertz CT molecular complexity index is 453. The quantitative estimate of drug-likeness (QED) is 0.905. The second-order valence-corrected chi connectivity index (χ2v) is 7.72. The summed E-state index contributed by atoms with van der Waals surface area (Å²) >= 11 is 0. The number of nitrogens with zero attached hydrogens (tertiary/aromatic N) is 2. The summed E-state index contributed by atoms with van der Waals surface area (Å²) in [5.74, 6) is 2.72. The Balaban J connectivity index is 1.61. The van der Waals surface area contributed by atoms with Crippen LogP contribution in [0.3, 0.4) is 0 Å². The van der Waals surface area contributed by atoms with Crippen molar-refractivity contribution in [3.63, 3.8) is 0 Å². The summed E-state index contributed by atoms with van der Waals surface area (Å²) in [6, 6.07) is 0.768. The van der Waals surface area contributed by atoms with Gasteiger partial charge in [-0.15, -0.1) is 0 Å². The second-order valence-electron chi connectivity index (χ2n) is 7.72. The van der Waals surface area contributed by atoms with Crippen molar-refractivity contribution in [3.05, 3.63) is 17.8 Å². The van der Waals surface area contributed by atoms with Gasteiger partial charge in [-0.1, -0.05) is 20.8 Å². The molecule has 0 radical (unpaired) electrons. The number of nitrogens with one attached hydrogen (secondary N) is 1. The van der Waals surface area contributed by atoms with Crippen LogP contribution in [0.1, 0.15) is 58.1 Å². The maximum absolute atomic E-state index is 5.98. The van der Waals surface area contributed by atoms with Crippen molar-refractivity contribution in [3.8, 4) is 0 Å². The third-order valence-corrected chi connectivity index (χ3v) is 4.65. The second kappa shape index (κ2) is 6.09. The van der Waals surface area contributed by atoms with Gasteiger partial charge < -0.3 is 9.73 Å². The summed E-state index contributed by atoms with van der Waals surface area (Å²) < 4.78 is 5.98. The fourth-order valence-corrected chi connectivity index (χ4v) is 3.08. The molecule has 1 saturated heterocycles. The van der Waals surface area contributed by atoms with Gasteiger partial charge in [-0.3, -0.25) is 4.90 Å². The van der Waals surface area contributed by atoms with Gasteiger partial charge in [0.1, 0.15) is 5.76 Å². The molecular weight excluding hydrogens is 262 g/mol. The molecular formula is C17H29N3O. The average molecular weight is 291 g/mol. The van der Waals surface area contributed by atoms with E-state index in [1.165, 1.54) is 45.3 Å². The number of rotatable bonds is 5. The molecule has 0 unspecified atom stereocenters. The molecule has 0 atom stereocenters. The number of oxazole rings is 1. The predicted molar refractivity (Wildman–Crippen MR) is 84.2 cm³/mol. The molecule has 4 nitrogen and oxygen atoms in total. The van der Waals surface area contributed by atoms with E-state index in [0.717, 1.165) is 30.2 Å². The van der Waals surface area contributed by atoms with Crippen molar-refractivity contribution in [1.29, 1.82) is 0 Å². The van der Waals surface area contributed by atoms with E-state index in [4.69, 9.17) is 4.42 Å². The molecule has 1 saturated carbocycles. The van der Waals surface area contributed by atoms with Crippen LogP contribution < -0.4 is 5.32 Å². The fourth-order valence-electron chi connectivity index (χ4n) is 3.08. The van der Waals surface area contributed by atoms with Crippen LogP contribution in [0.5, 0.6) is 0 Å². The predicted octanol–water partition coefficient (Wildman–Crippen LogP) is 2.94. The van der Waals surface area contributed by atoms with E-state index in [1.54, 1.807) is 0 Å². The minimum atomic E-state index is 0.0463. The van der Waals surface area contributed by atoms with Gasteiger partial charge in [0.05, 0.1) is 12.7 Å². The Morgan fingerprint density at radius 2 is 1.95 bits per heavy atom. The summed E-state index contributed by atoms with van der Waals surface area (Å²) in [6.07, 6.45) is 7.21. The van der Waals surface area contributed by atoms with Gasteiger partial charge in [0, 0.05) is 18.0 Å². The van der Waals surface area contributed by atoms with Crippen LogP contribution >= 0.6 is 0 Å². The molecule has 1 aliphatic heterocycles. The van der Waals surface area contributed by atoms with E-state index in [1.807, 2.05) is 6.20 Å². The van der Waals surface area contributed by atoms with Crippen molar-refractivity contribution >= 4 is 0 Å². The first-order valence-corrected chi connectivity index (χ1v) is 8.42. The molecule has 118 valence electrons. The molecule has 2 aliphatic rings. The van der Waals surface area contributed by atoms with Gasteiger partial charge in [0.2, 0.25) is 5.89 Å². The molecule has 2 heterocycles. The molecule has 4 heteroatoms. The zero-order valence-electron chi connectivity index (χ0n) is 13.7. The third-order valence-electron chi connectivity index (χ3n) is 4.65. The molecule has 0 spiro atoms. The van der Waals surface area contributed by atoms with Crippen molar-refractivity contribution < 1.29 is 4.42 Å². The van der Waals surface area contributed by atoms with Gasteiger partial charge in [0.25, 0.3) is 0 Å². The lowest BCUT2D eigenvalue weighted by molar-refractivity contribution is 0.173. The Kier molecular flexibility index (Phi) is 4.36. The topological polar surface area (TPSA) is 41.3 Å². The first-order chi connectivity index (χ1) is 10.0. The lowest BCUT2D eigenvalue weighted by atomic mass is 9.94. The minimum Gasteiger partial charge on any atom is -0.444 e. The van der Waals surface area contributed by atoms with Gasteiger partial charge >= 0.3 is 0 Å². The Morgan fingerprint density at radius 1 is 1.24 bits per heavy atom. The SMILES string of the molecule is CC(C)(C)c1cnc(CN(CC2CCNCC2)C2CC2)o1. The van der Waals surface area contributed by atoms with E-state index < -0.39 is 0 Å². The largest absolute Gasteiger partial charge is 0.444 e. The van der Waals surface area contributed by atoms with Crippen molar-refractivity contribution in [2.24, 2.45) is 5.92 Å². The van der Waals surface area contributed by atoms with Gasteiger partial charge in [-0.2, -0.15) is 0 Å². The van der Waals surface area contributed by atoms with Crippen LogP contribution in [0.4, 0.5) is 0 Å². The summed E-state index contributed by atoms with van der Waals surface area (Å²) in [7, 11) is 0. The zero-order chi connectivity index (χ0) is 14.9. The number of aromatic nitrogens is 1. The molecule has 2 fully saturated rings. The Morgan fingerprint density at radius 3 is 2.52 bits per heavy atom. The van der Waals surface area contributed by atoms with Crippen LogP contribution in [0.2, 0.25) is 0 Å². The van der Waals surface area contributed by atoms with Gasteiger partial charge in [-0.25, -0.2) is 4.98 Å². The molecule has 0 amide bonds. The molecule has 21 heavy (non-hydrogen) atoms. The Hall–Kier alpha value is -0.870. The smallest absolute Gasteiger partial charge is 0.208 e. The maximum atomic E-state index is 5.98. The third kappa shape index (κ3) is 4.07. The van der Waals surface area contributed by atoms with E-state index >= 15 is 0 Å². The van der Waals surface area contributed by atoms with E-state index in [9.17, 15) is 0 Å². The minimum absolute atomic E-state index is 0.0463. The average Bonchev–Trinajstić information content (AvgIpc) is 3.17. The monoisotopic (exact) mass is 291 g/mol. The molecule has 1 aromatic heterocycles. The highest BCUT2D eigenvalue weighted by molar-refractivity contribution is 5.06. The number of hydrogen-bond donors (Lipinski definition) is 1. The summed E-state index contributed by atoms with van der Waals surface area (Å²) in [4.78, 5) is 7.11. The van der Waals surface area contributed by atoms with Crippen LogP contribution in [0.15, 0.2) is 10.6 Å². The van der Waals surface area contributed by atoms with Crippen LogP contribution in [0.25, 0.3) is 0 Å².